The molecule has 0 aliphatic heterocycles. The lowest BCUT2D eigenvalue weighted by atomic mass is 10.2. The number of tetrazole rings is 1. The van der Waals surface area contributed by atoms with Gasteiger partial charge in [0.15, 0.2) is 5.82 Å². The number of halogens is 1. The van der Waals surface area contributed by atoms with Gasteiger partial charge < -0.3 is 5.32 Å². The lowest BCUT2D eigenvalue weighted by Gasteiger charge is -2.20. The predicted molar refractivity (Wildman–Crippen MR) is 125 cm³/mol. The molecule has 3 aromatic carbocycles. The molecular formula is C23H21FN6O3S. The molecule has 0 fully saturated rings. The molecule has 11 heteroatoms. The Hall–Kier alpha value is -4.12. The molecule has 4 aromatic rings. The van der Waals surface area contributed by atoms with Crippen molar-refractivity contribution in [3.05, 3.63) is 89.5 Å². The lowest BCUT2D eigenvalue weighted by Crippen LogP contribution is -2.26. The van der Waals surface area contributed by atoms with Crippen LogP contribution in [0.3, 0.4) is 0 Å². The third kappa shape index (κ3) is 4.50. The fourth-order valence-electron chi connectivity index (χ4n) is 3.24. The molecule has 0 radical (unpaired) electrons. The van der Waals surface area contributed by atoms with E-state index in [-0.39, 0.29) is 10.6 Å². The summed E-state index contributed by atoms with van der Waals surface area (Å²) in [6.45, 7) is 3.51. The molecule has 174 valence electrons. The van der Waals surface area contributed by atoms with Crippen LogP contribution in [0.5, 0.6) is 0 Å². The summed E-state index contributed by atoms with van der Waals surface area (Å²) in [5, 5.41) is 13.7. The zero-order chi connectivity index (χ0) is 24.5. The minimum Gasteiger partial charge on any atom is -0.322 e. The van der Waals surface area contributed by atoms with Crippen LogP contribution < -0.4 is 9.62 Å². The number of anilines is 2. The lowest BCUT2D eigenvalue weighted by molar-refractivity contribution is 0.102. The van der Waals surface area contributed by atoms with Gasteiger partial charge >= 0.3 is 0 Å². The van der Waals surface area contributed by atoms with E-state index in [9.17, 15) is 17.6 Å². The molecule has 9 nitrogen and oxygen atoms in total. The van der Waals surface area contributed by atoms with Crippen LogP contribution in [0.2, 0.25) is 0 Å². The molecule has 1 amide bonds. The van der Waals surface area contributed by atoms with Crippen molar-refractivity contribution in [1.29, 1.82) is 0 Å². The molecule has 0 saturated heterocycles. The summed E-state index contributed by atoms with van der Waals surface area (Å²) in [7, 11) is -2.30. The molecular weight excluding hydrogens is 459 g/mol. The third-order valence-corrected chi connectivity index (χ3v) is 7.03. The molecule has 4 rings (SSSR count). The number of nitrogens with zero attached hydrogens (tertiary/aromatic N) is 5. The van der Waals surface area contributed by atoms with Gasteiger partial charge in [0.25, 0.3) is 15.9 Å². The number of sulfonamides is 1. The molecule has 0 bridgehead atoms. The largest absolute Gasteiger partial charge is 0.322 e. The van der Waals surface area contributed by atoms with Gasteiger partial charge in [-0.3, -0.25) is 9.10 Å². The van der Waals surface area contributed by atoms with E-state index in [2.05, 4.69) is 20.8 Å². The minimum absolute atomic E-state index is 0.0959. The number of hydrogen-bond acceptors (Lipinski definition) is 6. The summed E-state index contributed by atoms with van der Waals surface area (Å²) in [5.41, 5.74) is 2.10. The molecule has 1 aromatic heterocycles. The van der Waals surface area contributed by atoms with Crippen LogP contribution in [-0.2, 0) is 10.0 Å². The Kier molecular flexibility index (Phi) is 6.12. The van der Waals surface area contributed by atoms with Gasteiger partial charge in [0.2, 0.25) is 0 Å². The molecule has 0 aliphatic rings. The first-order valence-corrected chi connectivity index (χ1v) is 11.6. The zero-order valence-corrected chi connectivity index (χ0v) is 19.4. The van der Waals surface area contributed by atoms with E-state index in [0.717, 1.165) is 9.87 Å². The highest BCUT2D eigenvalue weighted by atomic mass is 32.2. The number of nitrogens with one attached hydrogen (secondary N) is 1. The number of carbonyl (C=O) groups excluding carboxylic acids is 1. The Balaban J connectivity index is 1.52. The van der Waals surface area contributed by atoms with E-state index in [4.69, 9.17) is 0 Å². The van der Waals surface area contributed by atoms with Crippen molar-refractivity contribution in [2.75, 3.05) is 16.7 Å². The van der Waals surface area contributed by atoms with Crippen LogP contribution in [0, 0.1) is 19.7 Å². The van der Waals surface area contributed by atoms with Gasteiger partial charge in [-0.15, -0.1) is 5.10 Å². The van der Waals surface area contributed by atoms with Crippen molar-refractivity contribution in [1.82, 2.24) is 20.2 Å². The van der Waals surface area contributed by atoms with Crippen LogP contribution in [0.4, 0.5) is 15.8 Å². The highest BCUT2D eigenvalue weighted by Crippen LogP contribution is 2.24. The Morgan fingerprint density at radius 1 is 1.00 bits per heavy atom. The molecule has 1 N–H and O–H groups in total. The van der Waals surface area contributed by atoms with Crippen LogP contribution in [0.15, 0.2) is 71.6 Å². The molecule has 0 saturated carbocycles. The average molecular weight is 481 g/mol. The number of benzene rings is 3. The van der Waals surface area contributed by atoms with Crippen molar-refractivity contribution in [3.63, 3.8) is 0 Å². The number of hydrogen-bond donors (Lipinski definition) is 1. The highest BCUT2D eigenvalue weighted by molar-refractivity contribution is 7.92. The Labute approximate surface area is 195 Å². The predicted octanol–water partition coefficient (Wildman–Crippen LogP) is 3.50. The second-order valence-corrected chi connectivity index (χ2v) is 9.56. The van der Waals surface area contributed by atoms with Crippen molar-refractivity contribution < 1.29 is 17.6 Å². The summed E-state index contributed by atoms with van der Waals surface area (Å²) in [6, 6.07) is 16.7. The van der Waals surface area contributed by atoms with Gasteiger partial charge in [-0.2, -0.15) is 4.68 Å². The van der Waals surface area contributed by atoms with Gasteiger partial charge in [-0.05, 0) is 78.9 Å². The smallest absolute Gasteiger partial charge is 0.264 e. The maximum Gasteiger partial charge on any atom is 0.264 e. The standard InChI is InChI=1S/C23H21FN6O3S/c1-15-4-11-20(12-5-15)34(32,33)29(3)19-9-6-17(7-10-19)23(31)25-18-8-13-21(24)22(14-18)30-16(2)26-27-28-30/h4-14H,1-3H3,(H,25,31). The quantitative estimate of drug-likeness (QED) is 0.452. The van der Waals surface area contributed by atoms with Gasteiger partial charge in [0.05, 0.1) is 10.6 Å². The van der Waals surface area contributed by atoms with Crippen LogP contribution in [0.1, 0.15) is 21.7 Å². The molecule has 0 unspecified atom stereocenters. The van der Waals surface area contributed by atoms with Gasteiger partial charge in [-0.1, -0.05) is 17.7 Å². The highest BCUT2D eigenvalue weighted by Gasteiger charge is 2.21. The monoisotopic (exact) mass is 480 g/mol. The summed E-state index contributed by atoms with van der Waals surface area (Å²) in [4.78, 5) is 12.9. The van der Waals surface area contributed by atoms with Gasteiger partial charge in [0.1, 0.15) is 11.5 Å². The van der Waals surface area contributed by atoms with E-state index in [1.54, 1.807) is 43.3 Å². The summed E-state index contributed by atoms with van der Waals surface area (Å²) in [6.07, 6.45) is 0. The summed E-state index contributed by atoms with van der Waals surface area (Å²) >= 11 is 0. The van der Waals surface area contributed by atoms with Crippen LogP contribution in [0.25, 0.3) is 5.69 Å². The van der Waals surface area contributed by atoms with Crippen molar-refractivity contribution in [3.8, 4) is 5.69 Å². The SMILES string of the molecule is Cc1ccc(S(=O)(=O)N(C)c2ccc(C(=O)Nc3ccc(F)c(-n4nnnc4C)c3)cc2)cc1. The maximum absolute atomic E-state index is 14.2. The second kappa shape index (κ2) is 9.02. The van der Waals surface area contributed by atoms with Crippen molar-refractivity contribution >= 4 is 27.3 Å². The number of carbonyl (C=O) groups is 1. The number of rotatable bonds is 6. The van der Waals surface area contributed by atoms with E-state index in [1.165, 1.54) is 42.1 Å². The fourth-order valence-corrected chi connectivity index (χ4v) is 4.44. The topological polar surface area (TPSA) is 110 Å². The van der Waals surface area contributed by atoms with Crippen LogP contribution in [-0.4, -0.2) is 41.6 Å². The minimum atomic E-state index is -3.75. The maximum atomic E-state index is 14.2. The first kappa shape index (κ1) is 23.1. The molecule has 1 heterocycles. The summed E-state index contributed by atoms with van der Waals surface area (Å²) < 4.78 is 42.4. The normalized spacial score (nSPS) is 11.3. The average Bonchev–Trinajstić information content (AvgIpc) is 3.25. The molecule has 0 spiro atoms. The number of amides is 1. The number of aryl methyl sites for hydroxylation is 2. The van der Waals surface area contributed by atoms with Gasteiger partial charge in [0, 0.05) is 18.3 Å². The summed E-state index contributed by atoms with van der Waals surface area (Å²) in [5.74, 6) is -0.597. The van der Waals surface area contributed by atoms with E-state index >= 15 is 0 Å². The van der Waals surface area contributed by atoms with Crippen molar-refractivity contribution in [2.24, 2.45) is 0 Å². The second-order valence-electron chi connectivity index (χ2n) is 7.59. The van der Waals surface area contributed by atoms with E-state index in [1.807, 2.05) is 6.92 Å². The molecule has 0 aliphatic carbocycles. The van der Waals surface area contributed by atoms with Gasteiger partial charge in [-0.25, -0.2) is 12.8 Å². The van der Waals surface area contributed by atoms with Crippen LogP contribution >= 0.6 is 0 Å². The Morgan fingerprint density at radius 2 is 1.68 bits per heavy atom. The zero-order valence-electron chi connectivity index (χ0n) is 18.6. The Morgan fingerprint density at radius 3 is 2.29 bits per heavy atom. The van der Waals surface area contributed by atoms with Crippen molar-refractivity contribution in [2.45, 2.75) is 18.7 Å². The third-order valence-electron chi connectivity index (χ3n) is 5.23. The first-order valence-electron chi connectivity index (χ1n) is 10.2. The number of aromatic nitrogens is 4. The first-order chi connectivity index (χ1) is 16.2. The van der Waals surface area contributed by atoms with E-state index < -0.39 is 21.7 Å². The van der Waals surface area contributed by atoms with E-state index in [0.29, 0.717) is 22.8 Å². The Bertz CT molecular complexity index is 1450. The molecule has 34 heavy (non-hydrogen) atoms. The fraction of sp³-hybridized carbons (Fsp3) is 0.130. The molecule has 0 atom stereocenters.